The van der Waals surface area contributed by atoms with Gasteiger partial charge < -0.3 is 9.47 Å². The van der Waals surface area contributed by atoms with Crippen LogP contribution in [0.15, 0.2) is 30.6 Å². The second-order valence-corrected chi connectivity index (χ2v) is 8.00. The molecule has 0 spiro atoms. The lowest BCUT2D eigenvalue weighted by Crippen LogP contribution is -2.35. The van der Waals surface area contributed by atoms with E-state index in [4.69, 9.17) is 0 Å². The van der Waals surface area contributed by atoms with E-state index in [1.165, 1.54) is 19.3 Å². The van der Waals surface area contributed by atoms with Crippen molar-refractivity contribution in [3.8, 4) is 0 Å². The molecular formula is C21H24N6O2. The smallest absolute Gasteiger partial charge is 0.278 e. The van der Waals surface area contributed by atoms with Crippen LogP contribution in [-0.4, -0.2) is 37.8 Å². The first kappa shape index (κ1) is 18.0. The quantitative estimate of drug-likeness (QED) is 0.497. The van der Waals surface area contributed by atoms with Gasteiger partial charge in [-0.2, -0.15) is 0 Å². The summed E-state index contributed by atoms with van der Waals surface area (Å²) in [6.07, 6.45) is 10.1. The molecule has 4 heterocycles. The number of hydrogen-bond donors (Lipinski definition) is 0. The monoisotopic (exact) mass is 392 g/mol. The van der Waals surface area contributed by atoms with Gasteiger partial charge in [-0.05, 0) is 37.8 Å². The summed E-state index contributed by atoms with van der Waals surface area (Å²) in [4.78, 5) is 17.5. The van der Waals surface area contributed by atoms with Crippen molar-refractivity contribution in [2.75, 3.05) is 18.0 Å². The number of nitro benzene ring substituents is 1. The minimum absolute atomic E-state index is 0.105. The molecular weight excluding hydrogens is 368 g/mol. The maximum atomic E-state index is 11.4. The molecule has 1 saturated heterocycles. The van der Waals surface area contributed by atoms with Crippen molar-refractivity contribution < 1.29 is 4.92 Å². The number of aryl methyl sites for hydroxylation is 1. The summed E-state index contributed by atoms with van der Waals surface area (Å²) in [5.74, 6) is 2.57. The van der Waals surface area contributed by atoms with Gasteiger partial charge >= 0.3 is 0 Å². The van der Waals surface area contributed by atoms with Crippen LogP contribution in [0.4, 0.5) is 11.4 Å². The lowest BCUT2D eigenvalue weighted by Gasteiger charge is -2.34. The molecule has 29 heavy (non-hydrogen) atoms. The van der Waals surface area contributed by atoms with Crippen LogP contribution in [0.25, 0.3) is 10.8 Å². The molecule has 0 bridgehead atoms. The Morgan fingerprint density at radius 1 is 1.03 bits per heavy atom. The minimum Gasteiger partial charge on any atom is -0.370 e. The van der Waals surface area contributed by atoms with Crippen molar-refractivity contribution in [3.63, 3.8) is 0 Å². The third-order valence-electron chi connectivity index (χ3n) is 6.23. The Balaban J connectivity index is 1.49. The van der Waals surface area contributed by atoms with Crippen LogP contribution in [0.1, 0.15) is 49.7 Å². The van der Waals surface area contributed by atoms with Gasteiger partial charge in [0.1, 0.15) is 11.6 Å². The summed E-state index contributed by atoms with van der Waals surface area (Å²) in [6, 6.07) is 5.36. The van der Waals surface area contributed by atoms with Gasteiger partial charge in [0, 0.05) is 61.5 Å². The fourth-order valence-corrected chi connectivity index (χ4v) is 4.81. The molecule has 0 N–H and O–H groups in total. The summed E-state index contributed by atoms with van der Waals surface area (Å²) in [5.41, 5.74) is 1.14. The van der Waals surface area contributed by atoms with E-state index < -0.39 is 0 Å². The molecule has 0 aliphatic carbocycles. The molecule has 8 heteroatoms. The molecule has 0 radical (unpaired) electrons. The number of anilines is 1. The summed E-state index contributed by atoms with van der Waals surface area (Å²) >= 11 is 0. The number of non-ortho nitro benzene ring substituents is 1. The van der Waals surface area contributed by atoms with Crippen molar-refractivity contribution in [1.29, 1.82) is 0 Å². The number of hydrogen-bond acceptors (Lipinski definition) is 6. The van der Waals surface area contributed by atoms with Crippen LogP contribution in [0.2, 0.25) is 0 Å². The lowest BCUT2D eigenvalue weighted by atomic mass is 9.95. The Kier molecular flexibility index (Phi) is 4.61. The molecule has 1 atom stereocenters. The van der Waals surface area contributed by atoms with Gasteiger partial charge in [-0.1, -0.05) is 6.42 Å². The van der Waals surface area contributed by atoms with Gasteiger partial charge in [-0.25, -0.2) is 0 Å². The van der Waals surface area contributed by atoms with Gasteiger partial charge in [0.15, 0.2) is 0 Å². The van der Waals surface area contributed by atoms with E-state index in [2.05, 4.69) is 24.6 Å². The van der Waals surface area contributed by atoms with Crippen molar-refractivity contribution in [2.24, 2.45) is 0 Å². The van der Waals surface area contributed by atoms with Gasteiger partial charge in [-0.15, -0.1) is 10.2 Å². The second-order valence-electron chi connectivity index (χ2n) is 8.00. The normalized spacial score (nSPS) is 19.7. The zero-order valence-electron chi connectivity index (χ0n) is 16.3. The van der Waals surface area contributed by atoms with Crippen LogP contribution < -0.4 is 4.90 Å². The van der Waals surface area contributed by atoms with E-state index >= 15 is 0 Å². The van der Waals surface area contributed by atoms with Gasteiger partial charge in [0.05, 0.1) is 10.3 Å². The Morgan fingerprint density at radius 3 is 2.86 bits per heavy atom. The largest absolute Gasteiger partial charge is 0.370 e. The molecule has 5 rings (SSSR count). The van der Waals surface area contributed by atoms with Crippen LogP contribution in [0.5, 0.6) is 0 Å². The molecule has 1 aromatic carbocycles. The zero-order valence-corrected chi connectivity index (χ0v) is 16.3. The maximum Gasteiger partial charge on any atom is 0.278 e. The van der Waals surface area contributed by atoms with Crippen molar-refractivity contribution in [3.05, 3.63) is 52.4 Å². The first-order valence-corrected chi connectivity index (χ1v) is 10.4. The van der Waals surface area contributed by atoms with E-state index in [1.54, 1.807) is 18.5 Å². The second kappa shape index (κ2) is 7.42. The highest BCUT2D eigenvalue weighted by Crippen LogP contribution is 2.36. The number of benzene rings is 1. The van der Waals surface area contributed by atoms with E-state index in [0.29, 0.717) is 11.3 Å². The SMILES string of the molecule is O=[N+]([O-])c1ccc(N2CCCC(c3nnc4n3CCCCC4)C2)c2ccncc12. The Labute approximate surface area is 168 Å². The molecule has 2 aliphatic heterocycles. The van der Waals surface area contributed by atoms with Crippen LogP contribution in [-0.2, 0) is 13.0 Å². The van der Waals surface area contributed by atoms with Gasteiger partial charge in [-0.3, -0.25) is 15.1 Å². The molecule has 8 nitrogen and oxygen atoms in total. The molecule has 2 aromatic heterocycles. The molecule has 3 aromatic rings. The topological polar surface area (TPSA) is 90.0 Å². The maximum absolute atomic E-state index is 11.4. The van der Waals surface area contributed by atoms with Crippen LogP contribution in [0, 0.1) is 10.1 Å². The summed E-state index contributed by atoms with van der Waals surface area (Å²) in [7, 11) is 0. The molecule has 2 aliphatic rings. The molecule has 1 fully saturated rings. The Hall–Kier alpha value is -3.03. The highest BCUT2D eigenvalue weighted by molar-refractivity contribution is 5.99. The van der Waals surface area contributed by atoms with Gasteiger partial charge in [0.2, 0.25) is 0 Å². The zero-order chi connectivity index (χ0) is 19.8. The Morgan fingerprint density at radius 2 is 1.97 bits per heavy atom. The van der Waals surface area contributed by atoms with Gasteiger partial charge in [0.25, 0.3) is 5.69 Å². The number of piperidine rings is 1. The standard InChI is InChI=1S/C21H24N6O2/c28-27(29)19-8-7-18(16-9-10-22-13-17(16)19)25-11-4-5-15(14-25)21-24-23-20-6-2-1-3-12-26(20)21/h7-10,13,15H,1-6,11-12,14H2. The van der Waals surface area contributed by atoms with Crippen molar-refractivity contribution >= 4 is 22.1 Å². The van der Waals surface area contributed by atoms with Crippen LogP contribution >= 0.6 is 0 Å². The average molecular weight is 392 g/mol. The number of nitrogens with zero attached hydrogens (tertiary/aromatic N) is 6. The number of aromatic nitrogens is 4. The predicted octanol–water partition coefficient (Wildman–Crippen LogP) is 3.84. The summed E-state index contributed by atoms with van der Waals surface area (Å²) < 4.78 is 2.35. The minimum atomic E-state index is -0.335. The molecule has 150 valence electrons. The number of fused-ring (bicyclic) bond motifs is 2. The van der Waals surface area contributed by atoms with E-state index in [0.717, 1.165) is 61.6 Å². The third kappa shape index (κ3) is 3.22. The summed E-state index contributed by atoms with van der Waals surface area (Å²) in [5, 5.41) is 22.0. The fourth-order valence-electron chi connectivity index (χ4n) is 4.81. The van der Waals surface area contributed by atoms with Crippen molar-refractivity contribution in [2.45, 2.75) is 51.0 Å². The van der Waals surface area contributed by atoms with Crippen LogP contribution in [0.3, 0.4) is 0 Å². The highest BCUT2D eigenvalue weighted by atomic mass is 16.6. The number of pyridine rings is 1. The van der Waals surface area contributed by atoms with E-state index in [-0.39, 0.29) is 10.6 Å². The molecule has 0 saturated carbocycles. The van der Waals surface area contributed by atoms with E-state index in [9.17, 15) is 10.1 Å². The first-order chi connectivity index (χ1) is 14.2. The Bertz CT molecular complexity index is 1060. The number of nitro groups is 1. The third-order valence-corrected chi connectivity index (χ3v) is 6.23. The molecule has 1 unspecified atom stereocenters. The lowest BCUT2D eigenvalue weighted by molar-refractivity contribution is -0.383. The molecule has 0 amide bonds. The predicted molar refractivity (Wildman–Crippen MR) is 110 cm³/mol. The first-order valence-electron chi connectivity index (χ1n) is 10.4. The summed E-state index contributed by atoms with van der Waals surface area (Å²) in [6.45, 7) is 2.81. The number of rotatable bonds is 3. The highest BCUT2D eigenvalue weighted by Gasteiger charge is 2.29. The fraction of sp³-hybridized carbons (Fsp3) is 0.476. The average Bonchev–Trinajstić information content (AvgIpc) is 3.01. The van der Waals surface area contributed by atoms with Crippen molar-refractivity contribution in [1.82, 2.24) is 19.7 Å². The van der Waals surface area contributed by atoms with E-state index in [1.807, 2.05) is 12.1 Å².